The number of thiazole rings is 1. The van der Waals surface area contributed by atoms with Crippen molar-refractivity contribution in [2.24, 2.45) is 0 Å². The van der Waals surface area contributed by atoms with Gasteiger partial charge in [0.2, 0.25) is 5.91 Å². The van der Waals surface area contributed by atoms with E-state index in [1.54, 1.807) is 11.3 Å². The van der Waals surface area contributed by atoms with E-state index in [4.69, 9.17) is 16.3 Å². The summed E-state index contributed by atoms with van der Waals surface area (Å²) < 4.78 is 5.84. The van der Waals surface area contributed by atoms with Crippen molar-refractivity contribution in [1.29, 1.82) is 0 Å². The molecule has 2 aromatic carbocycles. The summed E-state index contributed by atoms with van der Waals surface area (Å²) in [4.78, 5) is 18.3. The van der Waals surface area contributed by atoms with E-state index >= 15 is 0 Å². The van der Waals surface area contributed by atoms with Crippen LogP contribution in [0.1, 0.15) is 29.1 Å². The van der Waals surface area contributed by atoms with E-state index in [-0.39, 0.29) is 5.91 Å². The van der Waals surface area contributed by atoms with Crippen LogP contribution in [0.15, 0.2) is 53.9 Å². The van der Waals surface area contributed by atoms with Crippen molar-refractivity contribution < 1.29 is 9.53 Å². The zero-order valence-corrected chi connectivity index (χ0v) is 16.3. The zero-order valence-electron chi connectivity index (χ0n) is 14.7. The maximum absolute atomic E-state index is 11.8. The molecule has 3 aromatic rings. The fourth-order valence-corrected chi connectivity index (χ4v) is 4.01. The minimum Gasteiger partial charge on any atom is -0.487 e. The molecule has 2 heterocycles. The maximum atomic E-state index is 11.8. The van der Waals surface area contributed by atoms with Crippen LogP contribution in [0.5, 0.6) is 5.75 Å². The van der Waals surface area contributed by atoms with Gasteiger partial charge in [0.05, 0.1) is 10.7 Å². The predicted octanol–water partition coefficient (Wildman–Crippen LogP) is 5.09. The number of carbonyl (C=O) groups is 1. The lowest BCUT2D eigenvalue weighted by Gasteiger charge is -2.15. The molecule has 0 unspecified atom stereocenters. The Morgan fingerprint density at radius 3 is 2.59 bits per heavy atom. The number of rotatable bonds is 6. The van der Waals surface area contributed by atoms with E-state index in [1.807, 2.05) is 58.8 Å². The predicted molar refractivity (Wildman–Crippen MR) is 109 cm³/mol. The number of halogens is 1. The highest BCUT2D eigenvalue weighted by atomic mass is 35.5. The van der Waals surface area contributed by atoms with Crippen LogP contribution in [0.3, 0.4) is 0 Å². The van der Waals surface area contributed by atoms with Crippen LogP contribution < -0.4 is 9.64 Å². The third-order valence-electron chi connectivity index (χ3n) is 4.48. The molecule has 0 bridgehead atoms. The van der Waals surface area contributed by atoms with E-state index in [1.165, 1.54) is 5.56 Å². The summed E-state index contributed by atoms with van der Waals surface area (Å²) in [5.41, 5.74) is 3.04. The lowest BCUT2D eigenvalue weighted by atomic mass is 10.2. The van der Waals surface area contributed by atoms with Crippen LogP contribution in [0.2, 0.25) is 5.02 Å². The highest BCUT2D eigenvalue weighted by Crippen LogP contribution is 2.24. The quantitative estimate of drug-likeness (QED) is 0.580. The van der Waals surface area contributed by atoms with Crippen molar-refractivity contribution in [3.05, 3.63) is 75.2 Å². The van der Waals surface area contributed by atoms with Gasteiger partial charge in [-0.15, -0.1) is 11.3 Å². The Bertz CT molecular complexity index is 922. The van der Waals surface area contributed by atoms with Crippen LogP contribution >= 0.6 is 22.9 Å². The van der Waals surface area contributed by atoms with Gasteiger partial charge in [0, 0.05) is 35.5 Å². The van der Waals surface area contributed by atoms with Gasteiger partial charge in [-0.2, -0.15) is 0 Å². The first-order valence-corrected chi connectivity index (χ1v) is 10.1. The van der Waals surface area contributed by atoms with E-state index in [0.717, 1.165) is 46.5 Å². The number of anilines is 1. The van der Waals surface area contributed by atoms with Crippen molar-refractivity contribution in [2.75, 3.05) is 11.4 Å². The molecule has 0 N–H and O–H groups in total. The molecule has 1 saturated heterocycles. The van der Waals surface area contributed by atoms with Crippen LogP contribution in [-0.4, -0.2) is 17.4 Å². The number of hydrogen-bond acceptors (Lipinski definition) is 4. The van der Waals surface area contributed by atoms with Gasteiger partial charge < -0.3 is 9.64 Å². The highest BCUT2D eigenvalue weighted by molar-refractivity contribution is 7.09. The molecule has 1 fully saturated rings. The Labute approximate surface area is 167 Å². The molecular formula is C21H19ClN2O2S. The number of ether oxygens (including phenoxy) is 1. The monoisotopic (exact) mass is 398 g/mol. The molecule has 0 aliphatic carbocycles. The summed E-state index contributed by atoms with van der Waals surface area (Å²) in [5.74, 6) is 0.969. The van der Waals surface area contributed by atoms with Gasteiger partial charge in [-0.25, -0.2) is 4.98 Å². The van der Waals surface area contributed by atoms with Crippen molar-refractivity contribution in [1.82, 2.24) is 4.98 Å². The van der Waals surface area contributed by atoms with Crippen molar-refractivity contribution in [3.63, 3.8) is 0 Å². The zero-order chi connectivity index (χ0) is 18.6. The van der Waals surface area contributed by atoms with E-state index in [2.05, 4.69) is 4.98 Å². The molecule has 4 rings (SSSR count). The number of hydrogen-bond donors (Lipinski definition) is 0. The standard InChI is InChI=1S/C21H19ClN2O2S/c22-16-5-3-15(4-6-16)12-20-23-17(14-27-20)13-26-19-9-7-18(8-10-19)24-11-1-2-21(24)25/h3-10,14H,1-2,11-13H2. The fourth-order valence-electron chi connectivity index (χ4n) is 3.07. The van der Waals surface area contributed by atoms with Gasteiger partial charge in [-0.3, -0.25) is 4.79 Å². The van der Waals surface area contributed by atoms with Gasteiger partial charge in [-0.05, 0) is 48.4 Å². The number of aromatic nitrogens is 1. The van der Waals surface area contributed by atoms with E-state index in [0.29, 0.717) is 13.0 Å². The lowest BCUT2D eigenvalue weighted by molar-refractivity contribution is -0.117. The van der Waals surface area contributed by atoms with Gasteiger partial charge in [0.25, 0.3) is 0 Å². The lowest BCUT2D eigenvalue weighted by Crippen LogP contribution is -2.23. The smallest absolute Gasteiger partial charge is 0.227 e. The second-order valence-corrected chi connectivity index (χ2v) is 7.85. The van der Waals surface area contributed by atoms with Crippen LogP contribution in [0, 0.1) is 0 Å². The average Bonchev–Trinajstić information content (AvgIpc) is 3.31. The van der Waals surface area contributed by atoms with E-state index < -0.39 is 0 Å². The Morgan fingerprint density at radius 1 is 1.11 bits per heavy atom. The third kappa shape index (κ3) is 4.49. The molecule has 0 spiro atoms. The first-order valence-electron chi connectivity index (χ1n) is 8.88. The summed E-state index contributed by atoms with van der Waals surface area (Å²) >= 11 is 7.56. The first kappa shape index (κ1) is 18.0. The summed E-state index contributed by atoms with van der Waals surface area (Å²) in [7, 11) is 0. The topological polar surface area (TPSA) is 42.4 Å². The molecule has 0 saturated carbocycles. The summed E-state index contributed by atoms with van der Waals surface area (Å²) in [6.45, 7) is 1.23. The SMILES string of the molecule is O=C1CCCN1c1ccc(OCc2csc(Cc3ccc(Cl)cc3)n2)cc1. The molecule has 0 radical (unpaired) electrons. The fraction of sp³-hybridized carbons (Fsp3) is 0.238. The Balaban J connectivity index is 1.33. The Kier molecular flexibility index (Phi) is 5.41. The largest absolute Gasteiger partial charge is 0.487 e. The number of amides is 1. The van der Waals surface area contributed by atoms with Gasteiger partial charge in [0.1, 0.15) is 12.4 Å². The first-order chi connectivity index (χ1) is 13.2. The van der Waals surface area contributed by atoms with Gasteiger partial charge in [0.15, 0.2) is 0 Å². The maximum Gasteiger partial charge on any atom is 0.227 e. The molecule has 6 heteroatoms. The molecule has 1 aromatic heterocycles. The van der Waals surface area contributed by atoms with Crippen molar-refractivity contribution in [3.8, 4) is 5.75 Å². The molecule has 0 atom stereocenters. The summed E-state index contributed by atoms with van der Waals surface area (Å²) in [6.07, 6.45) is 2.36. The Morgan fingerprint density at radius 2 is 1.89 bits per heavy atom. The molecule has 1 aliphatic rings. The normalized spacial score (nSPS) is 14.0. The summed E-state index contributed by atoms with van der Waals surface area (Å²) in [5, 5.41) is 3.83. The minimum atomic E-state index is 0.194. The van der Waals surface area contributed by atoms with Crippen molar-refractivity contribution >= 4 is 34.5 Å². The number of benzene rings is 2. The number of carbonyl (C=O) groups excluding carboxylic acids is 1. The molecule has 138 valence electrons. The Hall–Kier alpha value is -2.37. The second kappa shape index (κ2) is 8.11. The van der Waals surface area contributed by atoms with Crippen LogP contribution in [0.25, 0.3) is 0 Å². The molecular weight excluding hydrogens is 380 g/mol. The highest BCUT2D eigenvalue weighted by Gasteiger charge is 2.21. The van der Waals surface area contributed by atoms with Crippen molar-refractivity contribution in [2.45, 2.75) is 25.9 Å². The second-order valence-electron chi connectivity index (χ2n) is 6.47. The van der Waals surface area contributed by atoms with Crippen LogP contribution in [-0.2, 0) is 17.8 Å². The van der Waals surface area contributed by atoms with Crippen LogP contribution in [0.4, 0.5) is 5.69 Å². The minimum absolute atomic E-state index is 0.194. The van der Waals surface area contributed by atoms with Gasteiger partial charge in [-0.1, -0.05) is 23.7 Å². The summed E-state index contributed by atoms with van der Waals surface area (Å²) in [6, 6.07) is 15.5. The number of nitrogens with zero attached hydrogens (tertiary/aromatic N) is 2. The third-order valence-corrected chi connectivity index (χ3v) is 5.63. The average molecular weight is 399 g/mol. The molecule has 1 aliphatic heterocycles. The van der Waals surface area contributed by atoms with Gasteiger partial charge >= 0.3 is 0 Å². The molecule has 27 heavy (non-hydrogen) atoms. The molecule has 4 nitrogen and oxygen atoms in total. The molecule has 1 amide bonds. The van der Waals surface area contributed by atoms with E-state index in [9.17, 15) is 4.79 Å².